The molecule has 0 saturated heterocycles. The van der Waals surface area contributed by atoms with Crippen molar-refractivity contribution in [2.45, 2.75) is 32.9 Å². The second-order valence-electron chi connectivity index (χ2n) is 7.61. The first kappa shape index (κ1) is 20.8. The fourth-order valence-electron chi connectivity index (χ4n) is 2.67. The molecule has 0 saturated carbocycles. The summed E-state index contributed by atoms with van der Waals surface area (Å²) >= 11 is 1.30. The number of rotatable bonds is 6. The number of carbonyl (C=O) groups is 2. The predicted molar refractivity (Wildman–Crippen MR) is 114 cm³/mol. The molecular weight excluding hydrogens is 388 g/mol. The fraction of sp³-hybridized carbons (Fsp3) is 0.286. The predicted octanol–water partition coefficient (Wildman–Crippen LogP) is 3.23. The molecule has 2 heterocycles. The largest absolute Gasteiger partial charge is 0.392 e. The third-order valence-electron chi connectivity index (χ3n) is 4.30. The van der Waals surface area contributed by atoms with Gasteiger partial charge in [-0.05, 0) is 38.5 Å². The third kappa shape index (κ3) is 5.30. The molecular formula is C21H24N4O3S. The first-order chi connectivity index (χ1) is 13.8. The zero-order chi connectivity index (χ0) is 21.0. The molecule has 3 N–H and O–H groups in total. The summed E-state index contributed by atoms with van der Waals surface area (Å²) < 4.78 is 1.95. The molecule has 0 atom stereocenters. The monoisotopic (exact) mass is 412 g/mol. The number of carbonyl (C=O) groups excluding carboxylic acids is 2. The highest BCUT2D eigenvalue weighted by Crippen LogP contribution is 2.25. The Morgan fingerprint density at radius 1 is 1.24 bits per heavy atom. The van der Waals surface area contributed by atoms with Crippen LogP contribution in [0.1, 0.15) is 36.7 Å². The van der Waals surface area contributed by atoms with E-state index in [-0.39, 0.29) is 30.5 Å². The van der Waals surface area contributed by atoms with Gasteiger partial charge < -0.3 is 20.3 Å². The molecule has 3 aromatic rings. The second kappa shape index (κ2) is 8.59. The van der Waals surface area contributed by atoms with E-state index >= 15 is 0 Å². The maximum Gasteiger partial charge on any atom is 0.253 e. The maximum absolute atomic E-state index is 12.3. The molecule has 0 radical (unpaired) electrons. The average molecular weight is 413 g/mol. The number of anilines is 1. The molecule has 0 unspecified atom stereocenters. The molecule has 152 valence electrons. The molecule has 0 fully saturated rings. The lowest BCUT2D eigenvalue weighted by Gasteiger charge is -2.20. The van der Waals surface area contributed by atoms with Crippen LogP contribution in [-0.2, 0) is 16.9 Å². The Labute approximate surface area is 173 Å². The maximum atomic E-state index is 12.3. The topological polar surface area (TPSA) is 96.3 Å². The van der Waals surface area contributed by atoms with Crippen LogP contribution in [0.2, 0.25) is 0 Å². The molecule has 0 bridgehead atoms. The Bertz CT molecular complexity index is 1020. The van der Waals surface area contributed by atoms with Crippen molar-refractivity contribution in [3.05, 3.63) is 59.2 Å². The number of nitrogens with zero attached hydrogens (tertiary/aromatic N) is 2. The highest BCUT2D eigenvalue weighted by Gasteiger charge is 2.16. The number of thiazole rings is 1. The summed E-state index contributed by atoms with van der Waals surface area (Å²) in [7, 11) is 0. The summed E-state index contributed by atoms with van der Waals surface area (Å²) in [5, 5.41) is 16.9. The Kier molecular flexibility index (Phi) is 6.14. The van der Waals surface area contributed by atoms with E-state index < -0.39 is 0 Å². The normalized spacial score (nSPS) is 11.3. The van der Waals surface area contributed by atoms with Crippen molar-refractivity contribution < 1.29 is 14.7 Å². The Morgan fingerprint density at radius 2 is 2.03 bits per heavy atom. The summed E-state index contributed by atoms with van der Waals surface area (Å²) in [4.78, 5) is 28.8. The average Bonchev–Trinajstić information content (AvgIpc) is 3.36. The van der Waals surface area contributed by atoms with Crippen molar-refractivity contribution in [1.82, 2.24) is 14.9 Å². The van der Waals surface area contributed by atoms with Crippen LogP contribution in [0.25, 0.3) is 11.3 Å². The minimum atomic E-state index is -0.349. The zero-order valence-corrected chi connectivity index (χ0v) is 17.4. The van der Waals surface area contributed by atoms with Crippen molar-refractivity contribution in [2.24, 2.45) is 0 Å². The fourth-order valence-corrected chi connectivity index (χ4v) is 3.40. The summed E-state index contributed by atoms with van der Waals surface area (Å²) in [5.41, 5.74) is 2.77. The van der Waals surface area contributed by atoms with E-state index in [9.17, 15) is 14.7 Å². The number of aliphatic hydroxyl groups is 1. The summed E-state index contributed by atoms with van der Waals surface area (Å²) in [5.74, 6) is -0.651. The van der Waals surface area contributed by atoms with E-state index in [0.717, 1.165) is 11.1 Å². The SMILES string of the molecule is CC(C)(C)n1ccc(C(=O)NCC(=O)Nc2nc(-c3cccc(CO)c3)cs2)c1. The van der Waals surface area contributed by atoms with Crippen molar-refractivity contribution in [2.75, 3.05) is 11.9 Å². The van der Waals surface area contributed by atoms with Gasteiger partial charge in [0.1, 0.15) is 0 Å². The third-order valence-corrected chi connectivity index (χ3v) is 5.05. The molecule has 7 nitrogen and oxygen atoms in total. The van der Waals surface area contributed by atoms with Crippen LogP contribution in [0.15, 0.2) is 48.1 Å². The number of hydrogen-bond donors (Lipinski definition) is 3. The minimum Gasteiger partial charge on any atom is -0.392 e. The van der Waals surface area contributed by atoms with Gasteiger partial charge in [0, 0.05) is 28.9 Å². The van der Waals surface area contributed by atoms with Crippen LogP contribution >= 0.6 is 11.3 Å². The van der Waals surface area contributed by atoms with Gasteiger partial charge in [0.2, 0.25) is 5.91 Å². The molecule has 0 aliphatic heterocycles. The molecule has 2 amide bonds. The molecule has 29 heavy (non-hydrogen) atoms. The number of aliphatic hydroxyl groups excluding tert-OH is 1. The van der Waals surface area contributed by atoms with Gasteiger partial charge in [0.15, 0.2) is 5.13 Å². The number of amides is 2. The van der Waals surface area contributed by atoms with E-state index in [0.29, 0.717) is 16.4 Å². The van der Waals surface area contributed by atoms with Gasteiger partial charge in [0.05, 0.1) is 24.4 Å². The van der Waals surface area contributed by atoms with Crippen molar-refractivity contribution in [3.63, 3.8) is 0 Å². The van der Waals surface area contributed by atoms with Gasteiger partial charge in [-0.3, -0.25) is 9.59 Å². The first-order valence-electron chi connectivity index (χ1n) is 9.18. The number of benzene rings is 1. The van der Waals surface area contributed by atoms with Crippen LogP contribution in [0, 0.1) is 0 Å². The van der Waals surface area contributed by atoms with E-state index in [2.05, 4.69) is 15.6 Å². The quantitative estimate of drug-likeness (QED) is 0.579. The van der Waals surface area contributed by atoms with E-state index in [1.807, 2.05) is 61.2 Å². The van der Waals surface area contributed by atoms with Gasteiger partial charge in [-0.25, -0.2) is 4.98 Å². The van der Waals surface area contributed by atoms with Crippen LogP contribution in [0.4, 0.5) is 5.13 Å². The zero-order valence-electron chi connectivity index (χ0n) is 16.6. The summed E-state index contributed by atoms with van der Waals surface area (Å²) in [6.07, 6.45) is 3.61. The number of nitrogens with one attached hydrogen (secondary N) is 2. The van der Waals surface area contributed by atoms with Crippen molar-refractivity contribution in [3.8, 4) is 11.3 Å². The van der Waals surface area contributed by atoms with Crippen LogP contribution in [0.5, 0.6) is 0 Å². The smallest absolute Gasteiger partial charge is 0.253 e. The van der Waals surface area contributed by atoms with Crippen molar-refractivity contribution in [1.29, 1.82) is 0 Å². The lowest BCUT2D eigenvalue weighted by Crippen LogP contribution is -2.32. The van der Waals surface area contributed by atoms with E-state index in [1.54, 1.807) is 12.3 Å². The van der Waals surface area contributed by atoms with E-state index in [1.165, 1.54) is 11.3 Å². The molecule has 0 aliphatic carbocycles. The standard InChI is InChI=1S/C21H24N4O3S/c1-21(2,3)25-8-7-16(11-25)19(28)22-10-18(27)24-20-23-17(13-29-20)15-6-4-5-14(9-15)12-26/h4-9,11,13,26H,10,12H2,1-3H3,(H,22,28)(H,23,24,27). The Morgan fingerprint density at radius 3 is 2.72 bits per heavy atom. The van der Waals surface area contributed by atoms with Crippen LogP contribution in [-0.4, -0.2) is 33.0 Å². The summed E-state index contributed by atoms with van der Waals surface area (Å²) in [6, 6.07) is 9.15. The van der Waals surface area contributed by atoms with Gasteiger partial charge in [-0.2, -0.15) is 0 Å². The first-order valence-corrected chi connectivity index (χ1v) is 10.1. The summed E-state index contributed by atoms with van der Waals surface area (Å²) in [6.45, 7) is 5.95. The molecule has 1 aromatic carbocycles. The van der Waals surface area contributed by atoms with Gasteiger partial charge >= 0.3 is 0 Å². The molecule has 0 spiro atoms. The molecule has 0 aliphatic rings. The van der Waals surface area contributed by atoms with Gasteiger partial charge in [-0.15, -0.1) is 11.3 Å². The van der Waals surface area contributed by atoms with Gasteiger partial charge in [-0.1, -0.05) is 18.2 Å². The number of aromatic nitrogens is 2. The molecule has 2 aromatic heterocycles. The molecule has 8 heteroatoms. The highest BCUT2D eigenvalue weighted by molar-refractivity contribution is 7.14. The Balaban J connectivity index is 1.55. The Hall–Kier alpha value is -2.97. The number of hydrogen-bond acceptors (Lipinski definition) is 5. The van der Waals surface area contributed by atoms with Crippen LogP contribution in [0.3, 0.4) is 0 Å². The molecule has 3 rings (SSSR count). The highest BCUT2D eigenvalue weighted by atomic mass is 32.1. The lowest BCUT2D eigenvalue weighted by molar-refractivity contribution is -0.115. The lowest BCUT2D eigenvalue weighted by atomic mass is 10.1. The minimum absolute atomic E-state index is 0.0413. The van der Waals surface area contributed by atoms with Crippen molar-refractivity contribution >= 4 is 28.3 Å². The van der Waals surface area contributed by atoms with E-state index in [4.69, 9.17) is 0 Å². The van der Waals surface area contributed by atoms with Crippen LogP contribution < -0.4 is 10.6 Å². The second-order valence-corrected chi connectivity index (χ2v) is 8.46. The van der Waals surface area contributed by atoms with Gasteiger partial charge in [0.25, 0.3) is 5.91 Å².